The van der Waals surface area contributed by atoms with Crippen LogP contribution in [0.4, 0.5) is 0 Å². The normalized spacial score (nSPS) is 18.0. The van der Waals surface area contributed by atoms with E-state index in [0.29, 0.717) is 31.3 Å². The summed E-state index contributed by atoms with van der Waals surface area (Å²) in [7, 11) is 1.56. The van der Waals surface area contributed by atoms with Crippen molar-refractivity contribution < 1.29 is 28.9 Å². The number of carboxylic acids is 1. The van der Waals surface area contributed by atoms with E-state index in [1.54, 1.807) is 7.11 Å². The van der Waals surface area contributed by atoms with Gasteiger partial charge in [0.05, 0.1) is 19.8 Å². The quantitative estimate of drug-likeness (QED) is 0.740. The molecule has 1 aliphatic heterocycles. The highest BCUT2D eigenvalue weighted by atomic mass is 16.5. The molecule has 0 aliphatic carbocycles. The number of hydrogen-bond donors (Lipinski definition) is 1. The number of carbonyl (C=O) groups excluding carboxylic acids is 1. The Hall–Kier alpha value is -2.19. The van der Waals surface area contributed by atoms with E-state index in [2.05, 4.69) is 4.98 Å². The highest BCUT2D eigenvalue weighted by Crippen LogP contribution is 2.16. The van der Waals surface area contributed by atoms with Crippen LogP contribution in [-0.4, -0.2) is 73.0 Å². The van der Waals surface area contributed by atoms with Crippen molar-refractivity contribution >= 4 is 11.9 Å². The SMILES string of the molecule is COCCOc1cc(C(=O)N2CCOCC2C(=O)O)ccn1. The maximum atomic E-state index is 12.5. The van der Waals surface area contributed by atoms with Crippen molar-refractivity contribution in [2.24, 2.45) is 0 Å². The molecule has 1 aliphatic rings. The van der Waals surface area contributed by atoms with E-state index >= 15 is 0 Å². The largest absolute Gasteiger partial charge is 0.480 e. The molecule has 1 atom stereocenters. The fourth-order valence-corrected chi connectivity index (χ4v) is 2.07. The van der Waals surface area contributed by atoms with Crippen LogP contribution in [0.1, 0.15) is 10.4 Å². The fourth-order valence-electron chi connectivity index (χ4n) is 2.07. The van der Waals surface area contributed by atoms with Gasteiger partial charge in [-0.3, -0.25) is 4.79 Å². The van der Waals surface area contributed by atoms with Crippen LogP contribution < -0.4 is 4.74 Å². The van der Waals surface area contributed by atoms with Gasteiger partial charge in [0.2, 0.25) is 5.88 Å². The van der Waals surface area contributed by atoms with Gasteiger partial charge >= 0.3 is 5.97 Å². The van der Waals surface area contributed by atoms with Crippen LogP contribution in [0.25, 0.3) is 0 Å². The molecule has 0 spiro atoms. The lowest BCUT2D eigenvalue weighted by Crippen LogP contribution is -2.52. The van der Waals surface area contributed by atoms with Crippen molar-refractivity contribution in [1.29, 1.82) is 0 Å². The number of ether oxygens (including phenoxy) is 3. The zero-order chi connectivity index (χ0) is 15.9. The van der Waals surface area contributed by atoms with Gasteiger partial charge in [0.1, 0.15) is 6.61 Å². The monoisotopic (exact) mass is 310 g/mol. The van der Waals surface area contributed by atoms with E-state index in [9.17, 15) is 14.7 Å². The molecule has 120 valence electrons. The number of rotatable bonds is 6. The van der Waals surface area contributed by atoms with E-state index in [0.717, 1.165) is 0 Å². The molecule has 1 unspecified atom stereocenters. The summed E-state index contributed by atoms with van der Waals surface area (Å²) in [5.41, 5.74) is 0.329. The minimum absolute atomic E-state index is 0.0106. The van der Waals surface area contributed by atoms with Crippen LogP contribution in [0.15, 0.2) is 18.3 Å². The van der Waals surface area contributed by atoms with Gasteiger partial charge in [-0.2, -0.15) is 0 Å². The Labute approximate surface area is 127 Å². The topological polar surface area (TPSA) is 98.2 Å². The third kappa shape index (κ3) is 3.92. The van der Waals surface area contributed by atoms with Gasteiger partial charge in [-0.25, -0.2) is 9.78 Å². The average molecular weight is 310 g/mol. The molecule has 1 fully saturated rings. The third-order valence-electron chi connectivity index (χ3n) is 3.19. The lowest BCUT2D eigenvalue weighted by atomic mass is 10.1. The van der Waals surface area contributed by atoms with Crippen LogP contribution >= 0.6 is 0 Å². The number of pyridine rings is 1. The van der Waals surface area contributed by atoms with Crippen molar-refractivity contribution in [2.75, 3.05) is 40.1 Å². The van der Waals surface area contributed by atoms with Crippen molar-refractivity contribution in [2.45, 2.75) is 6.04 Å². The van der Waals surface area contributed by atoms with E-state index in [1.807, 2.05) is 0 Å². The number of morpholine rings is 1. The molecule has 8 heteroatoms. The van der Waals surface area contributed by atoms with Gasteiger partial charge in [-0.1, -0.05) is 0 Å². The predicted octanol–water partition coefficient (Wildman–Crippen LogP) is 0.0324. The molecule has 1 saturated heterocycles. The van der Waals surface area contributed by atoms with Crippen LogP contribution in [0.5, 0.6) is 5.88 Å². The lowest BCUT2D eigenvalue weighted by molar-refractivity contribution is -0.147. The maximum absolute atomic E-state index is 12.5. The Kier molecular flexibility index (Phi) is 5.68. The number of methoxy groups -OCH3 is 1. The zero-order valence-electron chi connectivity index (χ0n) is 12.2. The van der Waals surface area contributed by atoms with Crippen molar-refractivity contribution in [1.82, 2.24) is 9.88 Å². The smallest absolute Gasteiger partial charge is 0.328 e. The zero-order valence-corrected chi connectivity index (χ0v) is 12.2. The van der Waals surface area contributed by atoms with E-state index < -0.39 is 12.0 Å². The molecule has 0 aromatic carbocycles. The van der Waals surface area contributed by atoms with E-state index in [4.69, 9.17) is 14.2 Å². The Balaban J connectivity index is 2.10. The first-order valence-electron chi connectivity index (χ1n) is 6.83. The molecular formula is C14H18N2O6. The van der Waals surface area contributed by atoms with Gasteiger partial charge < -0.3 is 24.2 Å². The Morgan fingerprint density at radius 1 is 1.50 bits per heavy atom. The summed E-state index contributed by atoms with van der Waals surface area (Å²) in [6.45, 7) is 1.26. The molecule has 0 saturated carbocycles. The second kappa shape index (κ2) is 7.71. The summed E-state index contributed by atoms with van der Waals surface area (Å²) in [6, 6.07) is 2.04. The third-order valence-corrected chi connectivity index (χ3v) is 3.19. The number of nitrogens with zero attached hydrogens (tertiary/aromatic N) is 2. The number of aromatic nitrogens is 1. The first-order chi connectivity index (χ1) is 10.6. The van der Waals surface area contributed by atoms with Gasteiger partial charge in [-0.15, -0.1) is 0 Å². The standard InChI is InChI=1S/C14H18N2O6/c1-20-6-7-22-12-8-10(2-3-15-12)13(17)16-4-5-21-9-11(16)14(18)19/h2-3,8,11H,4-7,9H2,1H3,(H,18,19). The second-order valence-corrected chi connectivity index (χ2v) is 4.65. The summed E-state index contributed by atoms with van der Waals surface area (Å²) in [4.78, 5) is 29.0. The van der Waals surface area contributed by atoms with Gasteiger partial charge in [0, 0.05) is 31.5 Å². The molecule has 22 heavy (non-hydrogen) atoms. The number of carboxylic acid groups (broad SMARTS) is 1. The molecule has 1 amide bonds. The maximum Gasteiger partial charge on any atom is 0.328 e. The molecule has 1 aromatic heterocycles. The first-order valence-corrected chi connectivity index (χ1v) is 6.83. The molecule has 0 radical (unpaired) electrons. The predicted molar refractivity (Wildman–Crippen MR) is 74.9 cm³/mol. The van der Waals surface area contributed by atoms with Gasteiger partial charge in [0.15, 0.2) is 6.04 Å². The van der Waals surface area contributed by atoms with Crippen LogP contribution in [0, 0.1) is 0 Å². The van der Waals surface area contributed by atoms with Crippen LogP contribution in [-0.2, 0) is 14.3 Å². The number of carbonyl (C=O) groups is 2. The first kappa shape index (κ1) is 16.2. The molecule has 8 nitrogen and oxygen atoms in total. The fraction of sp³-hybridized carbons (Fsp3) is 0.500. The highest BCUT2D eigenvalue weighted by Gasteiger charge is 2.33. The lowest BCUT2D eigenvalue weighted by Gasteiger charge is -2.32. The second-order valence-electron chi connectivity index (χ2n) is 4.65. The van der Waals surface area contributed by atoms with Crippen LogP contribution in [0.2, 0.25) is 0 Å². The summed E-state index contributed by atoms with van der Waals surface area (Å²) in [5, 5.41) is 9.18. The van der Waals surface area contributed by atoms with Crippen molar-refractivity contribution in [3.8, 4) is 5.88 Å². The minimum Gasteiger partial charge on any atom is -0.480 e. The van der Waals surface area contributed by atoms with E-state index in [-0.39, 0.29) is 19.1 Å². The van der Waals surface area contributed by atoms with Crippen molar-refractivity contribution in [3.63, 3.8) is 0 Å². The van der Waals surface area contributed by atoms with Crippen LogP contribution in [0.3, 0.4) is 0 Å². The summed E-state index contributed by atoms with van der Waals surface area (Å²) < 4.78 is 15.3. The summed E-state index contributed by atoms with van der Waals surface area (Å²) >= 11 is 0. The molecule has 2 heterocycles. The Bertz CT molecular complexity index is 536. The summed E-state index contributed by atoms with van der Waals surface area (Å²) in [6.07, 6.45) is 1.45. The average Bonchev–Trinajstić information content (AvgIpc) is 2.54. The molecular weight excluding hydrogens is 292 g/mol. The molecule has 2 rings (SSSR count). The molecule has 0 bridgehead atoms. The van der Waals surface area contributed by atoms with E-state index in [1.165, 1.54) is 23.2 Å². The number of aliphatic carboxylic acids is 1. The molecule has 1 N–H and O–H groups in total. The van der Waals surface area contributed by atoms with Crippen molar-refractivity contribution in [3.05, 3.63) is 23.9 Å². The summed E-state index contributed by atoms with van der Waals surface area (Å²) in [5.74, 6) is -1.17. The molecule has 1 aromatic rings. The van der Waals surface area contributed by atoms with Gasteiger partial charge in [0.25, 0.3) is 5.91 Å². The minimum atomic E-state index is -1.08. The number of amides is 1. The highest BCUT2D eigenvalue weighted by molar-refractivity contribution is 5.96. The number of hydrogen-bond acceptors (Lipinski definition) is 6. The Morgan fingerprint density at radius 3 is 3.05 bits per heavy atom. The Morgan fingerprint density at radius 2 is 2.32 bits per heavy atom. The van der Waals surface area contributed by atoms with Gasteiger partial charge in [-0.05, 0) is 6.07 Å².